The molecule has 0 aromatic heterocycles. The first-order valence-corrected chi connectivity index (χ1v) is 7.14. The molecule has 1 N–H and O–H groups in total. The lowest BCUT2D eigenvalue weighted by molar-refractivity contribution is 0.150. The zero-order valence-corrected chi connectivity index (χ0v) is 10.6. The van der Waals surface area contributed by atoms with Crippen LogP contribution in [0.2, 0.25) is 6.04 Å². The van der Waals surface area contributed by atoms with Gasteiger partial charge in [-0.05, 0) is 30.5 Å². The second-order valence-electron chi connectivity index (χ2n) is 3.60. The highest BCUT2D eigenvalue weighted by Crippen LogP contribution is 2.14. The van der Waals surface area contributed by atoms with E-state index in [4.69, 9.17) is 8.85 Å². The fourth-order valence-corrected chi connectivity index (χ4v) is 2.69. The first-order chi connectivity index (χ1) is 7.59. The maximum absolute atomic E-state index is 12.9. The highest BCUT2D eigenvalue weighted by molar-refractivity contribution is 6.59. The molecule has 0 saturated carbocycles. The van der Waals surface area contributed by atoms with Crippen LogP contribution >= 0.6 is 0 Å². The van der Waals surface area contributed by atoms with E-state index in [-0.39, 0.29) is 5.82 Å². The normalized spacial score (nSPS) is 11.8. The summed E-state index contributed by atoms with van der Waals surface area (Å²) in [5.74, 6) is -0.233. The molecule has 0 spiro atoms. The van der Waals surface area contributed by atoms with Gasteiger partial charge in [-0.1, -0.05) is 12.1 Å². The van der Waals surface area contributed by atoms with Gasteiger partial charge in [-0.2, -0.15) is 0 Å². The standard InChI is InChI=1S/C11H17FO3Si/c1-14-16(13,15-2)8-4-6-10-5-3-7-11(12)9-10/h3,5,7,9,13H,4,6,8H2,1-2H3. The molecular weight excluding hydrogens is 227 g/mol. The molecule has 1 aromatic rings. The zero-order valence-electron chi connectivity index (χ0n) is 9.57. The van der Waals surface area contributed by atoms with Crippen molar-refractivity contribution in [2.75, 3.05) is 14.2 Å². The average molecular weight is 244 g/mol. The molecule has 16 heavy (non-hydrogen) atoms. The topological polar surface area (TPSA) is 38.7 Å². The molecule has 3 nitrogen and oxygen atoms in total. The molecule has 0 aliphatic rings. The highest BCUT2D eigenvalue weighted by atomic mass is 28.4. The van der Waals surface area contributed by atoms with E-state index in [2.05, 4.69) is 0 Å². The molecule has 0 amide bonds. The first-order valence-electron chi connectivity index (χ1n) is 5.17. The summed E-state index contributed by atoms with van der Waals surface area (Å²) in [6.45, 7) is 0. The van der Waals surface area contributed by atoms with Gasteiger partial charge in [0.05, 0.1) is 0 Å². The van der Waals surface area contributed by atoms with Gasteiger partial charge in [-0.3, -0.25) is 0 Å². The molecule has 0 atom stereocenters. The minimum Gasteiger partial charge on any atom is -0.390 e. The maximum Gasteiger partial charge on any atom is 0.497 e. The van der Waals surface area contributed by atoms with Crippen LogP contribution < -0.4 is 0 Å². The molecule has 0 radical (unpaired) electrons. The molecule has 90 valence electrons. The number of hydrogen-bond acceptors (Lipinski definition) is 3. The molecule has 0 fully saturated rings. The van der Waals surface area contributed by atoms with Gasteiger partial charge in [-0.15, -0.1) is 0 Å². The van der Waals surface area contributed by atoms with Crippen LogP contribution in [0.5, 0.6) is 0 Å². The number of hydrogen-bond donors (Lipinski definition) is 1. The molecule has 1 rings (SSSR count). The molecule has 1 aromatic carbocycles. The summed E-state index contributed by atoms with van der Waals surface area (Å²) in [7, 11) is -0.0738. The lowest BCUT2D eigenvalue weighted by atomic mass is 10.1. The van der Waals surface area contributed by atoms with E-state index in [0.29, 0.717) is 18.9 Å². The third-order valence-corrected chi connectivity index (χ3v) is 4.75. The Morgan fingerprint density at radius 1 is 1.31 bits per heavy atom. The van der Waals surface area contributed by atoms with Crippen LogP contribution in [-0.4, -0.2) is 27.8 Å². The maximum atomic E-state index is 12.9. The van der Waals surface area contributed by atoms with Crippen molar-refractivity contribution >= 4 is 8.80 Å². The monoisotopic (exact) mass is 244 g/mol. The summed E-state index contributed by atoms with van der Waals surface area (Å²) >= 11 is 0. The van der Waals surface area contributed by atoms with E-state index < -0.39 is 8.80 Å². The predicted octanol–water partition coefficient (Wildman–Crippen LogP) is 1.98. The Morgan fingerprint density at radius 3 is 2.56 bits per heavy atom. The summed E-state index contributed by atoms with van der Waals surface area (Å²) in [6.07, 6.45) is 1.42. The predicted molar refractivity (Wildman–Crippen MR) is 61.5 cm³/mol. The van der Waals surface area contributed by atoms with Crippen LogP contribution in [0, 0.1) is 5.82 Å². The van der Waals surface area contributed by atoms with Crippen LogP contribution in [-0.2, 0) is 15.3 Å². The highest BCUT2D eigenvalue weighted by Gasteiger charge is 2.33. The summed E-state index contributed by atoms with van der Waals surface area (Å²) in [5, 5.41) is 0. The van der Waals surface area contributed by atoms with Gasteiger partial charge >= 0.3 is 8.80 Å². The summed E-state index contributed by atoms with van der Waals surface area (Å²) in [4.78, 5) is 9.78. The molecule has 0 saturated heterocycles. The van der Waals surface area contributed by atoms with Gasteiger partial charge in [-0.25, -0.2) is 4.39 Å². The van der Waals surface area contributed by atoms with Gasteiger partial charge in [0.2, 0.25) is 0 Å². The van der Waals surface area contributed by atoms with Crippen molar-refractivity contribution < 1.29 is 18.0 Å². The average Bonchev–Trinajstić information content (AvgIpc) is 2.29. The van der Waals surface area contributed by atoms with Crippen molar-refractivity contribution in [3.8, 4) is 0 Å². The zero-order chi connectivity index (χ0) is 12.0. The molecular formula is C11H17FO3Si. The SMILES string of the molecule is CO[Si](O)(CCCc1cccc(F)c1)OC. The summed E-state index contributed by atoms with van der Waals surface area (Å²) in [5.41, 5.74) is 0.920. The molecule has 5 heteroatoms. The largest absolute Gasteiger partial charge is 0.497 e. The number of aryl methyl sites for hydroxylation is 1. The van der Waals surface area contributed by atoms with E-state index in [0.717, 1.165) is 5.56 Å². The molecule has 0 bridgehead atoms. The Bertz CT molecular complexity index is 329. The lowest BCUT2D eigenvalue weighted by Crippen LogP contribution is -2.40. The van der Waals surface area contributed by atoms with Crippen molar-refractivity contribution in [3.05, 3.63) is 35.6 Å². The third kappa shape index (κ3) is 4.01. The van der Waals surface area contributed by atoms with Crippen molar-refractivity contribution in [3.63, 3.8) is 0 Å². The molecule has 0 unspecified atom stereocenters. The fraction of sp³-hybridized carbons (Fsp3) is 0.455. The first kappa shape index (κ1) is 13.3. The Morgan fingerprint density at radius 2 is 2.00 bits per heavy atom. The fourth-order valence-electron chi connectivity index (χ4n) is 1.50. The Labute approximate surface area is 96.2 Å². The molecule has 0 aliphatic carbocycles. The Hall–Kier alpha value is -0.753. The van der Waals surface area contributed by atoms with E-state index in [1.165, 1.54) is 26.4 Å². The lowest BCUT2D eigenvalue weighted by Gasteiger charge is -2.19. The minimum absolute atomic E-state index is 0.233. The summed E-state index contributed by atoms with van der Waals surface area (Å²) in [6, 6.07) is 6.94. The van der Waals surface area contributed by atoms with E-state index in [9.17, 15) is 9.19 Å². The van der Waals surface area contributed by atoms with Crippen molar-refractivity contribution in [1.29, 1.82) is 0 Å². The van der Waals surface area contributed by atoms with Crippen molar-refractivity contribution in [1.82, 2.24) is 0 Å². The quantitative estimate of drug-likeness (QED) is 0.778. The third-order valence-electron chi connectivity index (χ3n) is 2.49. The van der Waals surface area contributed by atoms with Gasteiger partial charge < -0.3 is 13.6 Å². The summed E-state index contributed by atoms with van der Waals surface area (Å²) < 4.78 is 22.8. The van der Waals surface area contributed by atoms with Gasteiger partial charge in [0, 0.05) is 20.3 Å². The number of rotatable bonds is 6. The van der Waals surface area contributed by atoms with Gasteiger partial charge in [0.15, 0.2) is 0 Å². The Kier molecular flexibility index (Phi) is 5.07. The second kappa shape index (κ2) is 6.10. The smallest absolute Gasteiger partial charge is 0.390 e. The molecule has 0 aliphatic heterocycles. The van der Waals surface area contributed by atoms with Gasteiger partial charge in [0.25, 0.3) is 0 Å². The van der Waals surface area contributed by atoms with Crippen molar-refractivity contribution in [2.45, 2.75) is 18.9 Å². The van der Waals surface area contributed by atoms with Crippen LogP contribution in [0.3, 0.4) is 0 Å². The van der Waals surface area contributed by atoms with E-state index >= 15 is 0 Å². The van der Waals surface area contributed by atoms with E-state index in [1.54, 1.807) is 6.07 Å². The second-order valence-corrected chi connectivity index (χ2v) is 6.35. The number of benzene rings is 1. The Balaban J connectivity index is 2.41. The van der Waals surface area contributed by atoms with Gasteiger partial charge in [0.1, 0.15) is 5.82 Å². The number of halogens is 1. The van der Waals surface area contributed by atoms with Crippen LogP contribution in [0.15, 0.2) is 24.3 Å². The van der Waals surface area contributed by atoms with E-state index in [1.807, 2.05) is 6.07 Å². The molecule has 0 heterocycles. The van der Waals surface area contributed by atoms with Crippen LogP contribution in [0.1, 0.15) is 12.0 Å². The van der Waals surface area contributed by atoms with Crippen LogP contribution in [0.4, 0.5) is 4.39 Å². The minimum atomic E-state index is -2.96. The van der Waals surface area contributed by atoms with Crippen molar-refractivity contribution in [2.24, 2.45) is 0 Å². The van der Waals surface area contributed by atoms with Crippen LogP contribution in [0.25, 0.3) is 0 Å².